The number of carbonyl (C=O) groups is 2. The van der Waals surface area contributed by atoms with Gasteiger partial charge in [-0.1, -0.05) is 180 Å². The Morgan fingerprint density at radius 2 is 0.881 bits per heavy atom. The van der Waals surface area contributed by atoms with Gasteiger partial charge >= 0.3 is 0 Å². The fourth-order valence-corrected chi connectivity index (χ4v) is 7.41. The lowest BCUT2D eigenvalue weighted by molar-refractivity contribution is -0.138. The van der Waals surface area contributed by atoms with Gasteiger partial charge in [0, 0.05) is 23.1 Å². The molecule has 1 heterocycles. The zero-order chi connectivity index (χ0) is 30.5. The lowest BCUT2D eigenvalue weighted by Gasteiger charge is -2.14. The van der Waals surface area contributed by atoms with Gasteiger partial charge in [0.1, 0.15) is 5.25 Å². The molecular weight excluding hydrogens is 542 g/mol. The number of aliphatic hydroxyl groups is 1. The Balaban J connectivity index is 1.74. The van der Waals surface area contributed by atoms with Crippen LogP contribution >= 0.6 is 0 Å². The normalized spacial score (nSPS) is 16.1. The minimum atomic E-state index is -1.45. The minimum Gasteiger partial charge on any atom is -0.395 e. The fraction of sp³-hybridized carbons (Fsp3) is 0.944. The molecule has 1 saturated heterocycles. The molecule has 6 heteroatoms. The summed E-state index contributed by atoms with van der Waals surface area (Å²) >= 11 is 0. The Bertz CT molecular complexity index is 671. The number of nitrogens with zero attached hydrogens (tertiary/aromatic N) is 1. The maximum absolute atomic E-state index is 12.3. The van der Waals surface area contributed by atoms with E-state index in [1.165, 1.54) is 165 Å². The van der Waals surface area contributed by atoms with Crippen LogP contribution < -0.4 is 0 Å². The molecule has 2 unspecified atom stereocenters. The van der Waals surface area contributed by atoms with E-state index in [9.17, 15) is 13.8 Å². The molecule has 2 atom stereocenters. The molecule has 1 fully saturated rings. The molecule has 1 aliphatic rings. The number of unbranched alkanes of at least 4 members (excludes halogenated alkanes) is 27. The molecule has 0 aromatic heterocycles. The fourth-order valence-electron chi connectivity index (χ4n) is 6.26. The zero-order valence-corrected chi connectivity index (χ0v) is 28.5. The molecule has 1 N–H and O–H groups in total. The van der Waals surface area contributed by atoms with E-state index in [0.717, 1.165) is 19.3 Å². The first-order valence-corrected chi connectivity index (χ1v) is 19.8. The van der Waals surface area contributed by atoms with Crippen molar-refractivity contribution in [2.75, 3.05) is 18.9 Å². The van der Waals surface area contributed by atoms with Gasteiger partial charge in [-0.05, 0) is 6.42 Å². The van der Waals surface area contributed by atoms with Gasteiger partial charge in [0.05, 0.1) is 13.0 Å². The van der Waals surface area contributed by atoms with Crippen molar-refractivity contribution >= 4 is 22.6 Å². The first-order chi connectivity index (χ1) is 20.6. The number of likely N-dealkylation sites (tertiary alicyclic amines) is 1. The van der Waals surface area contributed by atoms with E-state index in [4.69, 9.17) is 5.11 Å². The van der Waals surface area contributed by atoms with E-state index in [1.807, 2.05) is 0 Å². The van der Waals surface area contributed by atoms with Crippen LogP contribution in [-0.2, 0) is 20.4 Å². The number of hydrogen-bond donors (Lipinski definition) is 1. The summed E-state index contributed by atoms with van der Waals surface area (Å²) in [6.07, 6.45) is 38.3. The van der Waals surface area contributed by atoms with Crippen LogP contribution in [0.3, 0.4) is 0 Å². The van der Waals surface area contributed by atoms with E-state index in [-0.39, 0.29) is 30.6 Å². The van der Waals surface area contributed by atoms with Crippen molar-refractivity contribution < 1.29 is 18.9 Å². The third-order valence-electron chi connectivity index (χ3n) is 9.05. The van der Waals surface area contributed by atoms with Crippen molar-refractivity contribution in [2.45, 2.75) is 198 Å². The van der Waals surface area contributed by atoms with Crippen molar-refractivity contribution in [1.82, 2.24) is 4.90 Å². The maximum Gasteiger partial charge on any atom is 0.245 e. The Morgan fingerprint density at radius 3 is 1.19 bits per heavy atom. The number of imide groups is 1. The highest BCUT2D eigenvalue weighted by Crippen LogP contribution is 2.20. The number of amides is 2. The third-order valence-corrected chi connectivity index (χ3v) is 10.6. The Kier molecular flexibility index (Phi) is 27.1. The number of hydrogen-bond acceptors (Lipinski definition) is 4. The highest BCUT2D eigenvalue weighted by molar-refractivity contribution is 7.86. The SMILES string of the molecule is CCCCCCCCCCCCCCCCCCCCCCCCCCCCCCN1C(=O)CC(S(=O)CCO)C1=O. The van der Waals surface area contributed by atoms with E-state index in [2.05, 4.69) is 6.92 Å². The zero-order valence-electron chi connectivity index (χ0n) is 27.7. The van der Waals surface area contributed by atoms with E-state index in [0.29, 0.717) is 6.54 Å². The quantitative estimate of drug-likeness (QED) is 0.0607. The van der Waals surface area contributed by atoms with Gasteiger partial charge in [-0.2, -0.15) is 0 Å². The highest BCUT2D eigenvalue weighted by Gasteiger charge is 2.41. The third kappa shape index (κ3) is 21.0. The second-order valence-corrected chi connectivity index (χ2v) is 14.7. The summed E-state index contributed by atoms with van der Waals surface area (Å²) in [6, 6.07) is 0. The Hall–Kier alpha value is -0.750. The predicted octanol–water partition coefficient (Wildman–Crippen LogP) is 9.80. The minimum absolute atomic E-state index is 0.0327. The van der Waals surface area contributed by atoms with Crippen molar-refractivity contribution in [2.24, 2.45) is 0 Å². The Labute approximate surface area is 263 Å². The van der Waals surface area contributed by atoms with Crippen LogP contribution in [0.15, 0.2) is 0 Å². The molecule has 42 heavy (non-hydrogen) atoms. The van der Waals surface area contributed by atoms with Gasteiger partial charge in [0.15, 0.2) is 0 Å². The maximum atomic E-state index is 12.3. The molecule has 0 aromatic rings. The molecule has 0 saturated carbocycles. The molecule has 0 radical (unpaired) electrons. The van der Waals surface area contributed by atoms with Crippen molar-refractivity contribution in [3.8, 4) is 0 Å². The number of rotatable bonds is 32. The smallest absolute Gasteiger partial charge is 0.245 e. The van der Waals surface area contributed by atoms with E-state index < -0.39 is 16.0 Å². The summed E-state index contributed by atoms with van der Waals surface area (Å²) in [7, 11) is -1.45. The molecule has 0 aliphatic carbocycles. The van der Waals surface area contributed by atoms with Gasteiger partial charge < -0.3 is 5.11 Å². The van der Waals surface area contributed by atoms with Gasteiger partial charge in [-0.3, -0.25) is 18.7 Å². The largest absolute Gasteiger partial charge is 0.395 e. The van der Waals surface area contributed by atoms with Crippen LogP contribution in [0.2, 0.25) is 0 Å². The number of aliphatic hydroxyl groups excluding tert-OH is 1. The van der Waals surface area contributed by atoms with Gasteiger partial charge in [-0.25, -0.2) is 0 Å². The van der Waals surface area contributed by atoms with Crippen LogP contribution in [0, 0.1) is 0 Å². The van der Waals surface area contributed by atoms with E-state index in [1.54, 1.807) is 0 Å². The monoisotopic (exact) mass is 611 g/mol. The topological polar surface area (TPSA) is 74.7 Å². The summed E-state index contributed by atoms with van der Waals surface area (Å²) < 4.78 is 12.0. The molecule has 5 nitrogen and oxygen atoms in total. The summed E-state index contributed by atoms with van der Waals surface area (Å²) in [5.41, 5.74) is 0. The summed E-state index contributed by atoms with van der Waals surface area (Å²) in [4.78, 5) is 25.7. The molecule has 0 spiro atoms. The standard InChI is InChI=1S/C36H69NO4S/c1-2-3-4-5-6-7-8-9-10-11-12-13-14-15-16-17-18-19-20-21-22-23-24-25-26-27-28-29-30-37-35(39)33-34(36(37)40)42(41)32-31-38/h34,38H,2-33H2,1H3. The molecule has 1 aliphatic heterocycles. The lowest BCUT2D eigenvalue weighted by atomic mass is 10.0. The molecule has 2 amide bonds. The predicted molar refractivity (Wildman–Crippen MR) is 180 cm³/mol. The van der Waals surface area contributed by atoms with Gasteiger partial charge in [-0.15, -0.1) is 0 Å². The van der Waals surface area contributed by atoms with Crippen molar-refractivity contribution in [3.63, 3.8) is 0 Å². The summed E-state index contributed by atoms with van der Waals surface area (Å²) in [5, 5.41) is 8.18. The molecule has 0 aromatic carbocycles. The molecule has 1 rings (SSSR count). The second-order valence-electron chi connectivity index (χ2n) is 12.9. The highest BCUT2D eigenvalue weighted by atomic mass is 32.2. The van der Waals surface area contributed by atoms with Crippen molar-refractivity contribution in [3.05, 3.63) is 0 Å². The van der Waals surface area contributed by atoms with Crippen LogP contribution in [0.1, 0.15) is 193 Å². The average molecular weight is 612 g/mol. The second kappa shape index (κ2) is 29.0. The van der Waals surface area contributed by atoms with Crippen LogP contribution in [-0.4, -0.2) is 50.2 Å². The van der Waals surface area contributed by atoms with Crippen LogP contribution in [0.4, 0.5) is 0 Å². The van der Waals surface area contributed by atoms with Crippen LogP contribution in [0.5, 0.6) is 0 Å². The molecule has 248 valence electrons. The summed E-state index contributed by atoms with van der Waals surface area (Å²) in [5.74, 6) is -0.449. The van der Waals surface area contributed by atoms with E-state index >= 15 is 0 Å². The average Bonchev–Trinajstić information content (AvgIpc) is 3.27. The van der Waals surface area contributed by atoms with Gasteiger partial charge in [0.25, 0.3) is 0 Å². The first-order valence-electron chi connectivity index (χ1n) is 18.4. The van der Waals surface area contributed by atoms with Crippen LogP contribution in [0.25, 0.3) is 0 Å². The molecule has 0 bridgehead atoms. The summed E-state index contributed by atoms with van der Waals surface area (Å²) in [6.45, 7) is 2.52. The lowest BCUT2D eigenvalue weighted by Crippen LogP contribution is -2.34. The Morgan fingerprint density at radius 1 is 0.571 bits per heavy atom. The first kappa shape index (κ1) is 39.3. The van der Waals surface area contributed by atoms with Crippen molar-refractivity contribution in [1.29, 1.82) is 0 Å². The number of carbonyl (C=O) groups excluding carboxylic acids is 2. The van der Waals surface area contributed by atoms with Gasteiger partial charge in [0.2, 0.25) is 11.8 Å². The molecular formula is C36H69NO4S.